The molecule has 0 unspecified atom stereocenters. The van der Waals surface area contributed by atoms with Crippen molar-refractivity contribution < 1.29 is 26.9 Å². The molecule has 2 aliphatic heterocycles. The number of hydrogen-bond acceptors (Lipinski definition) is 8. The van der Waals surface area contributed by atoms with Crippen LogP contribution in [0.2, 0.25) is 0 Å². The fraction of sp³-hybridized carbons (Fsp3) is 0.375. The highest BCUT2D eigenvalue weighted by molar-refractivity contribution is 7.86. The smallest absolute Gasteiger partial charge is 0.306 e. The van der Waals surface area contributed by atoms with E-state index in [4.69, 9.17) is 13.7 Å². The first-order valence-corrected chi connectivity index (χ1v) is 13.8. The van der Waals surface area contributed by atoms with Crippen molar-refractivity contribution in [2.24, 2.45) is 0 Å². The SMILES string of the molecule is CN(CCCN1Cc2cc3c(cc2C1=O)OCO3)CCc1csc2cc(OS(C)(=O)=O)ccc12. The molecule has 0 atom stereocenters. The van der Waals surface area contributed by atoms with Crippen LogP contribution in [0.5, 0.6) is 17.2 Å². The Morgan fingerprint density at radius 3 is 2.74 bits per heavy atom. The van der Waals surface area contributed by atoms with E-state index in [1.807, 2.05) is 17.0 Å². The first kappa shape index (κ1) is 22.9. The normalized spacial score (nSPS) is 14.9. The van der Waals surface area contributed by atoms with Crippen molar-refractivity contribution in [3.63, 3.8) is 0 Å². The number of rotatable bonds is 9. The Morgan fingerprint density at radius 2 is 1.94 bits per heavy atom. The second-order valence-electron chi connectivity index (χ2n) is 8.70. The van der Waals surface area contributed by atoms with Crippen molar-refractivity contribution in [3.8, 4) is 17.2 Å². The lowest BCUT2D eigenvalue weighted by atomic mass is 10.1. The van der Waals surface area contributed by atoms with Gasteiger partial charge in [0.25, 0.3) is 5.91 Å². The van der Waals surface area contributed by atoms with Crippen LogP contribution in [0.3, 0.4) is 0 Å². The van der Waals surface area contributed by atoms with Gasteiger partial charge in [0, 0.05) is 29.9 Å². The van der Waals surface area contributed by atoms with E-state index in [2.05, 4.69) is 17.3 Å². The zero-order chi connectivity index (χ0) is 23.9. The molecule has 2 aromatic carbocycles. The van der Waals surface area contributed by atoms with Crippen molar-refractivity contribution in [2.45, 2.75) is 19.4 Å². The summed E-state index contributed by atoms with van der Waals surface area (Å²) in [5.74, 6) is 1.76. The summed E-state index contributed by atoms with van der Waals surface area (Å²) in [5, 5.41) is 3.24. The molecule has 1 aromatic heterocycles. The average molecular weight is 503 g/mol. The van der Waals surface area contributed by atoms with E-state index < -0.39 is 10.1 Å². The maximum atomic E-state index is 12.8. The standard InChI is InChI=1S/C24H26N2O6S2/c1-25(9-6-16-14-33-23-11-18(4-5-19(16)23)32-34(2,28)29)7-3-8-26-13-17-10-21-22(31-15-30-21)12-20(17)24(26)27/h4-5,10-12,14H,3,6-9,13,15H2,1-2H3. The number of benzene rings is 2. The highest BCUT2D eigenvalue weighted by Crippen LogP contribution is 2.38. The lowest BCUT2D eigenvalue weighted by Gasteiger charge is -2.20. The van der Waals surface area contributed by atoms with Crippen LogP contribution in [0.4, 0.5) is 0 Å². The summed E-state index contributed by atoms with van der Waals surface area (Å²) >= 11 is 1.59. The van der Waals surface area contributed by atoms with Gasteiger partial charge >= 0.3 is 10.1 Å². The Hall–Kier alpha value is -2.82. The monoisotopic (exact) mass is 502 g/mol. The number of ether oxygens (including phenoxy) is 2. The van der Waals surface area contributed by atoms with Gasteiger partial charge in [-0.05, 0) is 78.7 Å². The minimum absolute atomic E-state index is 0.0555. The first-order valence-electron chi connectivity index (χ1n) is 11.1. The first-order chi connectivity index (χ1) is 16.3. The maximum absolute atomic E-state index is 12.8. The average Bonchev–Trinajstić information content (AvgIpc) is 3.47. The summed E-state index contributed by atoms with van der Waals surface area (Å²) in [5.41, 5.74) is 2.95. The van der Waals surface area contributed by atoms with E-state index in [1.54, 1.807) is 29.5 Å². The molecular formula is C24H26N2O6S2. The van der Waals surface area contributed by atoms with Crippen LogP contribution < -0.4 is 13.7 Å². The van der Waals surface area contributed by atoms with Gasteiger partial charge in [0.05, 0.1) is 6.26 Å². The molecule has 3 aromatic rings. The molecule has 8 nitrogen and oxygen atoms in total. The van der Waals surface area contributed by atoms with Crippen LogP contribution in [0.15, 0.2) is 35.7 Å². The number of hydrogen-bond donors (Lipinski definition) is 0. The number of likely N-dealkylation sites (N-methyl/N-ethyl adjacent to an activating group) is 1. The second kappa shape index (κ2) is 9.09. The summed E-state index contributed by atoms with van der Waals surface area (Å²) in [7, 11) is -1.45. The zero-order valence-corrected chi connectivity index (χ0v) is 20.7. The third kappa shape index (κ3) is 4.84. The third-order valence-electron chi connectivity index (χ3n) is 6.08. The Balaban J connectivity index is 1.11. The molecule has 0 radical (unpaired) electrons. The summed E-state index contributed by atoms with van der Waals surface area (Å²) in [4.78, 5) is 16.9. The summed E-state index contributed by atoms with van der Waals surface area (Å²) in [6.07, 6.45) is 2.82. The predicted molar refractivity (Wildman–Crippen MR) is 130 cm³/mol. The lowest BCUT2D eigenvalue weighted by molar-refractivity contribution is 0.0771. The second-order valence-corrected chi connectivity index (χ2v) is 11.2. The molecule has 2 aliphatic rings. The summed E-state index contributed by atoms with van der Waals surface area (Å²) < 4.78 is 39.5. The van der Waals surface area contributed by atoms with E-state index in [1.165, 1.54) is 5.56 Å². The maximum Gasteiger partial charge on any atom is 0.306 e. The topological polar surface area (TPSA) is 85.4 Å². The highest BCUT2D eigenvalue weighted by Gasteiger charge is 2.30. The molecule has 10 heteroatoms. The molecule has 5 rings (SSSR count). The molecule has 1 amide bonds. The molecular weight excluding hydrogens is 476 g/mol. The van der Waals surface area contributed by atoms with Crippen LogP contribution in [0.25, 0.3) is 10.1 Å². The van der Waals surface area contributed by atoms with Gasteiger partial charge in [-0.3, -0.25) is 4.79 Å². The van der Waals surface area contributed by atoms with Crippen molar-refractivity contribution >= 4 is 37.4 Å². The molecule has 3 heterocycles. The lowest BCUT2D eigenvalue weighted by Crippen LogP contribution is -2.29. The largest absolute Gasteiger partial charge is 0.454 e. The Kier molecular flexibility index (Phi) is 6.13. The summed E-state index contributed by atoms with van der Waals surface area (Å²) in [6, 6.07) is 9.11. The number of fused-ring (bicyclic) bond motifs is 3. The van der Waals surface area contributed by atoms with E-state index in [9.17, 15) is 13.2 Å². The molecule has 0 N–H and O–H groups in total. The quantitative estimate of drug-likeness (QED) is 0.414. The third-order valence-corrected chi connectivity index (χ3v) is 7.57. The van der Waals surface area contributed by atoms with Crippen LogP contribution in [-0.4, -0.2) is 63.9 Å². The van der Waals surface area contributed by atoms with Gasteiger partial charge in [-0.1, -0.05) is 0 Å². The van der Waals surface area contributed by atoms with Gasteiger partial charge in [-0.2, -0.15) is 8.42 Å². The zero-order valence-electron chi connectivity index (χ0n) is 19.1. The Morgan fingerprint density at radius 1 is 1.15 bits per heavy atom. The van der Waals surface area contributed by atoms with E-state index in [0.717, 1.165) is 47.8 Å². The molecule has 0 saturated carbocycles. The molecule has 0 fully saturated rings. The van der Waals surface area contributed by atoms with Crippen LogP contribution >= 0.6 is 11.3 Å². The van der Waals surface area contributed by atoms with Crippen molar-refractivity contribution in [1.29, 1.82) is 0 Å². The summed E-state index contributed by atoms with van der Waals surface area (Å²) in [6.45, 7) is 3.30. The molecule has 34 heavy (non-hydrogen) atoms. The van der Waals surface area contributed by atoms with Crippen molar-refractivity contribution in [1.82, 2.24) is 9.80 Å². The van der Waals surface area contributed by atoms with Gasteiger partial charge < -0.3 is 23.5 Å². The number of amides is 1. The van der Waals surface area contributed by atoms with Gasteiger partial charge in [0.15, 0.2) is 11.5 Å². The highest BCUT2D eigenvalue weighted by atomic mass is 32.2. The minimum Gasteiger partial charge on any atom is -0.454 e. The predicted octanol–water partition coefficient (Wildman–Crippen LogP) is 3.49. The molecule has 0 saturated heterocycles. The number of thiophene rings is 1. The Bertz CT molecular complexity index is 1350. The van der Waals surface area contributed by atoms with Gasteiger partial charge in [0.2, 0.25) is 6.79 Å². The van der Waals surface area contributed by atoms with Crippen LogP contribution in [0.1, 0.15) is 27.9 Å². The molecule has 0 aliphatic carbocycles. The molecule has 0 spiro atoms. The number of carbonyl (C=O) groups excluding carboxylic acids is 1. The van der Waals surface area contributed by atoms with Crippen molar-refractivity contribution in [3.05, 3.63) is 52.4 Å². The van der Waals surface area contributed by atoms with E-state index >= 15 is 0 Å². The van der Waals surface area contributed by atoms with Gasteiger partial charge in [-0.25, -0.2) is 0 Å². The fourth-order valence-corrected chi connectivity index (χ4v) is 5.86. The van der Waals surface area contributed by atoms with Crippen LogP contribution in [0, 0.1) is 0 Å². The van der Waals surface area contributed by atoms with E-state index in [-0.39, 0.29) is 12.7 Å². The number of nitrogens with zero attached hydrogens (tertiary/aromatic N) is 2. The van der Waals surface area contributed by atoms with Gasteiger partial charge in [-0.15, -0.1) is 11.3 Å². The fourth-order valence-electron chi connectivity index (χ4n) is 4.38. The van der Waals surface area contributed by atoms with Crippen LogP contribution in [-0.2, 0) is 23.1 Å². The Labute approximate surface area is 202 Å². The molecule has 0 bridgehead atoms. The molecule has 180 valence electrons. The number of carbonyl (C=O) groups is 1. The van der Waals surface area contributed by atoms with Gasteiger partial charge in [0.1, 0.15) is 5.75 Å². The van der Waals surface area contributed by atoms with E-state index in [0.29, 0.717) is 35.9 Å². The van der Waals surface area contributed by atoms with Crippen molar-refractivity contribution in [2.75, 3.05) is 39.7 Å². The minimum atomic E-state index is -3.53.